The van der Waals surface area contributed by atoms with E-state index in [1.807, 2.05) is 0 Å². The third kappa shape index (κ3) is 4.40. The maximum Gasteiger partial charge on any atom is 0.0112 e. The van der Waals surface area contributed by atoms with Gasteiger partial charge in [0.1, 0.15) is 0 Å². The summed E-state index contributed by atoms with van der Waals surface area (Å²) >= 11 is 0. The second kappa shape index (κ2) is 8.04. The Balaban J connectivity index is 2.33. The van der Waals surface area contributed by atoms with Crippen LogP contribution in [0.5, 0.6) is 0 Å². The van der Waals surface area contributed by atoms with Crippen LogP contribution < -0.4 is 5.73 Å². The minimum Gasteiger partial charge on any atom is -0.330 e. The van der Waals surface area contributed by atoms with Crippen molar-refractivity contribution in [2.75, 3.05) is 39.3 Å². The highest BCUT2D eigenvalue weighted by Gasteiger charge is 2.19. The highest BCUT2D eigenvalue weighted by Crippen LogP contribution is 2.12. The minimum absolute atomic E-state index is 0.800. The Bertz CT molecular complexity index is 169. The summed E-state index contributed by atoms with van der Waals surface area (Å²) in [7, 11) is 0. The third-order valence-corrected chi connectivity index (χ3v) is 3.76. The van der Waals surface area contributed by atoms with E-state index in [1.54, 1.807) is 0 Å². The van der Waals surface area contributed by atoms with E-state index in [4.69, 9.17) is 5.73 Å². The number of nitrogens with two attached hydrogens (primary N) is 1. The smallest absolute Gasteiger partial charge is 0.0112 e. The van der Waals surface area contributed by atoms with Gasteiger partial charge in [0, 0.05) is 19.1 Å². The van der Waals surface area contributed by atoms with Gasteiger partial charge in [0.25, 0.3) is 0 Å². The summed E-state index contributed by atoms with van der Waals surface area (Å²) in [4.78, 5) is 5.26. The van der Waals surface area contributed by atoms with Gasteiger partial charge in [-0.1, -0.05) is 13.8 Å². The Morgan fingerprint density at radius 2 is 1.81 bits per heavy atom. The molecule has 3 nitrogen and oxygen atoms in total. The molecule has 0 aromatic heterocycles. The van der Waals surface area contributed by atoms with Gasteiger partial charge in [-0.2, -0.15) is 0 Å². The summed E-state index contributed by atoms with van der Waals surface area (Å²) in [5, 5.41) is 0. The zero-order valence-corrected chi connectivity index (χ0v) is 11.1. The molecule has 1 saturated heterocycles. The van der Waals surface area contributed by atoms with Crippen molar-refractivity contribution in [3.8, 4) is 0 Å². The molecule has 0 bridgehead atoms. The lowest BCUT2D eigenvalue weighted by Crippen LogP contribution is -2.38. The molecule has 0 unspecified atom stereocenters. The molecule has 0 radical (unpaired) electrons. The highest BCUT2D eigenvalue weighted by atomic mass is 15.2. The number of nitrogens with zero attached hydrogens (tertiary/aromatic N) is 2. The van der Waals surface area contributed by atoms with Crippen LogP contribution in [0.4, 0.5) is 0 Å². The monoisotopic (exact) mass is 227 g/mol. The number of rotatable bonds is 6. The van der Waals surface area contributed by atoms with Crippen molar-refractivity contribution < 1.29 is 0 Å². The lowest BCUT2D eigenvalue weighted by molar-refractivity contribution is 0.188. The summed E-state index contributed by atoms with van der Waals surface area (Å²) in [6.07, 6.45) is 5.05. The SMILES string of the molecule is CCC(CC)N1CCCN(CCCN)CC1. The second-order valence-corrected chi connectivity index (χ2v) is 4.84. The van der Waals surface area contributed by atoms with Crippen molar-refractivity contribution in [1.82, 2.24) is 9.80 Å². The van der Waals surface area contributed by atoms with Gasteiger partial charge in [-0.25, -0.2) is 0 Å². The molecule has 1 rings (SSSR count). The molecule has 96 valence electrons. The Hall–Kier alpha value is -0.120. The van der Waals surface area contributed by atoms with Crippen molar-refractivity contribution in [1.29, 1.82) is 0 Å². The van der Waals surface area contributed by atoms with Gasteiger partial charge in [-0.05, 0) is 51.9 Å². The maximum absolute atomic E-state index is 5.57. The summed E-state index contributed by atoms with van der Waals surface area (Å²) in [5.41, 5.74) is 5.57. The third-order valence-electron chi connectivity index (χ3n) is 3.76. The molecule has 0 atom stereocenters. The Morgan fingerprint density at radius 1 is 1.06 bits per heavy atom. The molecular weight excluding hydrogens is 198 g/mol. The molecule has 16 heavy (non-hydrogen) atoms. The van der Waals surface area contributed by atoms with Crippen LogP contribution in [-0.2, 0) is 0 Å². The van der Waals surface area contributed by atoms with Crippen LogP contribution in [0.1, 0.15) is 39.5 Å². The van der Waals surface area contributed by atoms with Gasteiger partial charge in [-0.3, -0.25) is 4.90 Å². The van der Waals surface area contributed by atoms with Crippen LogP contribution in [0.3, 0.4) is 0 Å². The first kappa shape index (κ1) is 13.9. The Labute approximate surface area is 101 Å². The zero-order valence-electron chi connectivity index (χ0n) is 11.1. The van der Waals surface area contributed by atoms with Crippen LogP contribution >= 0.6 is 0 Å². The second-order valence-electron chi connectivity index (χ2n) is 4.84. The van der Waals surface area contributed by atoms with Gasteiger partial charge in [0.05, 0.1) is 0 Å². The molecular formula is C13H29N3. The van der Waals surface area contributed by atoms with Crippen LogP contribution in [0.2, 0.25) is 0 Å². The average molecular weight is 227 g/mol. The van der Waals surface area contributed by atoms with E-state index in [0.29, 0.717) is 0 Å². The Morgan fingerprint density at radius 3 is 2.44 bits per heavy atom. The van der Waals surface area contributed by atoms with E-state index < -0.39 is 0 Å². The van der Waals surface area contributed by atoms with Crippen molar-refractivity contribution in [3.05, 3.63) is 0 Å². The van der Waals surface area contributed by atoms with Gasteiger partial charge < -0.3 is 10.6 Å². The van der Waals surface area contributed by atoms with Gasteiger partial charge in [0.15, 0.2) is 0 Å². The fraction of sp³-hybridized carbons (Fsp3) is 1.00. The molecule has 1 fully saturated rings. The van der Waals surface area contributed by atoms with E-state index in [0.717, 1.165) is 19.0 Å². The van der Waals surface area contributed by atoms with Crippen LogP contribution in [0, 0.1) is 0 Å². The molecule has 0 aromatic carbocycles. The van der Waals surface area contributed by atoms with E-state index >= 15 is 0 Å². The fourth-order valence-corrected chi connectivity index (χ4v) is 2.70. The predicted molar refractivity (Wildman–Crippen MR) is 70.7 cm³/mol. The predicted octanol–water partition coefficient (Wildman–Crippen LogP) is 1.53. The molecule has 0 aliphatic carbocycles. The topological polar surface area (TPSA) is 32.5 Å². The first-order valence-corrected chi connectivity index (χ1v) is 6.98. The maximum atomic E-state index is 5.57. The van der Waals surface area contributed by atoms with E-state index in [2.05, 4.69) is 23.6 Å². The van der Waals surface area contributed by atoms with E-state index in [9.17, 15) is 0 Å². The van der Waals surface area contributed by atoms with Crippen LogP contribution in [0.15, 0.2) is 0 Å². The standard InChI is InChI=1S/C13H29N3/c1-3-13(4-2)16-10-6-9-15(11-12-16)8-5-7-14/h13H,3-12,14H2,1-2H3. The lowest BCUT2D eigenvalue weighted by atomic mass is 10.1. The van der Waals surface area contributed by atoms with Gasteiger partial charge in [-0.15, -0.1) is 0 Å². The molecule has 0 saturated carbocycles. The first-order valence-electron chi connectivity index (χ1n) is 6.98. The number of hydrogen-bond acceptors (Lipinski definition) is 3. The zero-order chi connectivity index (χ0) is 11.8. The molecule has 1 aliphatic rings. The highest BCUT2D eigenvalue weighted by molar-refractivity contribution is 4.75. The van der Waals surface area contributed by atoms with Crippen LogP contribution in [0.25, 0.3) is 0 Å². The fourth-order valence-electron chi connectivity index (χ4n) is 2.70. The largest absolute Gasteiger partial charge is 0.330 e. The normalized spacial score (nSPS) is 20.2. The van der Waals surface area contributed by atoms with Crippen molar-refractivity contribution in [3.63, 3.8) is 0 Å². The van der Waals surface area contributed by atoms with E-state index in [-0.39, 0.29) is 0 Å². The molecule has 0 spiro atoms. The van der Waals surface area contributed by atoms with E-state index in [1.165, 1.54) is 52.0 Å². The number of hydrogen-bond donors (Lipinski definition) is 1. The molecule has 2 N–H and O–H groups in total. The molecule has 0 amide bonds. The van der Waals surface area contributed by atoms with Gasteiger partial charge in [0.2, 0.25) is 0 Å². The average Bonchev–Trinajstić information content (AvgIpc) is 2.54. The van der Waals surface area contributed by atoms with Crippen molar-refractivity contribution >= 4 is 0 Å². The van der Waals surface area contributed by atoms with Crippen molar-refractivity contribution in [2.45, 2.75) is 45.6 Å². The summed E-state index contributed by atoms with van der Waals surface area (Å²) < 4.78 is 0. The molecule has 3 heteroatoms. The molecule has 1 aliphatic heterocycles. The van der Waals surface area contributed by atoms with Crippen molar-refractivity contribution in [2.24, 2.45) is 5.73 Å². The summed E-state index contributed by atoms with van der Waals surface area (Å²) in [6.45, 7) is 11.7. The Kier molecular flexibility index (Phi) is 7.01. The van der Waals surface area contributed by atoms with Crippen LogP contribution in [-0.4, -0.2) is 55.1 Å². The lowest BCUT2D eigenvalue weighted by Gasteiger charge is -2.29. The van der Waals surface area contributed by atoms with Gasteiger partial charge >= 0.3 is 0 Å². The molecule has 0 aromatic rings. The molecule has 1 heterocycles. The summed E-state index contributed by atoms with van der Waals surface area (Å²) in [6, 6.07) is 0.800. The minimum atomic E-state index is 0.800. The summed E-state index contributed by atoms with van der Waals surface area (Å²) in [5.74, 6) is 0. The quantitative estimate of drug-likeness (QED) is 0.747. The first-order chi connectivity index (χ1) is 7.81.